The molecule has 7 heteroatoms. The molecule has 3 N–H and O–H groups in total. The third kappa shape index (κ3) is 7.45. The molecular weight excluding hydrogens is 536 g/mol. The summed E-state index contributed by atoms with van der Waals surface area (Å²) in [7, 11) is 0. The van der Waals surface area contributed by atoms with Crippen LogP contribution in [0.5, 0.6) is 0 Å². The lowest BCUT2D eigenvalue weighted by molar-refractivity contribution is -0.128. The number of H-pyrrole nitrogens is 1. The number of alkyl carbamates (subject to hydrolysis) is 1. The fraction of sp³-hybridized carbons (Fsp3) is 0.417. The molecule has 0 radical (unpaired) electrons. The minimum absolute atomic E-state index is 0.0408. The molecule has 2 heterocycles. The topological polar surface area (TPSA) is 96.1 Å². The van der Waals surface area contributed by atoms with E-state index >= 15 is 0 Å². The molecule has 2 atom stereocenters. The standard InChI is InChI=1S/C36H44N4O3/c1-35(2,3)28-19-17-25(18-20-28)24-43-34(42)40-36(4,22-27-23-38-30-15-9-8-14-29(27)30)33(41)39-32(26-12-6-5-7-13-26)31-16-10-11-21-37-31/h8-11,14-21,23,26,32,38H,5-7,12-13,22,24H2,1-4H3,(H,39,41)(H,40,42)/t32?,36-/m0/s1. The molecule has 1 aliphatic carbocycles. The zero-order chi connectivity index (χ0) is 30.5. The number of nitrogens with zero attached hydrogens (tertiary/aromatic N) is 1. The summed E-state index contributed by atoms with van der Waals surface area (Å²) in [6.45, 7) is 8.38. The van der Waals surface area contributed by atoms with Gasteiger partial charge >= 0.3 is 6.09 Å². The SMILES string of the molecule is CC(C)(C)c1ccc(COC(=O)N[C@@](C)(Cc2c[nH]c3ccccc23)C(=O)NC(c2ccccn2)C2CCCCC2)cc1. The summed E-state index contributed by atoms with van der Waals surface area (Å²) in [6, 6.07) is 21.6. The van der Waals surface area contributed by atoms with Crippen molar-refractivity contribution in [1.29, 1.82) is 0 Å². The number of carbonyl (C=O) groups excluding carboxylic acids is 2. The monoisotopic (exact) mass is 580 g/mol. The first-order chi connectivity index (χ1) is 20.6. The summed E-state index contributed by atoms with van der Waals surface area (Å²) >= 11 is 0. The quantitative estimate of drug-likeness (QED) is 0.191. The Kier molecular flexibility index (Phi) is 9.19. The highest BCUT2D eigenvalue weighted by Crippen LogP contribution is 2.34. The average Bonchev–Trinajstić information content (AvgIpc) is 3.41. The molecule has 226 valence electrons. The first kappa shape index (κ1) is 30.3. The number of nitrogens with one attached hydrogen (secondary N) is 3. The number of fused-ring (bicyclic) bond motifs is 1. The van der Waals surface area contributed by atoms with Gasteiger partial charge in [0.2, 0.25) is 5.91 Å². The molecule has 43 heavy (non-hydrogen) atoms. The fourth-order valence-electron chi connectivity index (χ4n) is 6.11. The predicted molar refractivity (Wildman–Crippen MR) is 171 cm³/mol. The first-order valence-electron chi connectivity index (χ1n) is 15.4. The third-order valence-corrected chi connectivity index (χ3v) is 8.70. The number of carbonyl (C=O) groups is 2. The Labute approximate surface area is 254 Å². The molecule has 1 fully saturated rings. The van der Waals surface area contributed by atoms with E-state index in [0.717, 1.165) is 53.4 Å². The molecular formula is C36H44N4O3. The van der Waals surface area contributed by atoms with Crippen LogP contribution in [0.15, 0.2) is 79.1 Å². The number of hydrogen-bond acceptors (Lipinski definition) is 4. The fourth-order valence-corrected chi connectivity index (χ4v) is 6.11. The average molecular weight is 581 g/mol. The Morgan fingerprint density at radius 2 is 1.67 bits per heavy atom. The largest absolute Gasteiger partial charge is 0.445 e. The molecule has 4 aromatic rings. The van der Waals surface area contributed by atoms with Crippen LogP contribution in [0.3, 0.4) is 0 Å². The van der Waals surface area contributed by atoms with Crippen molar-refractivity contribution in [1.82, 2.24) is 20.6 Å². The number of aromatic nitrogens is 2. The maximum Gasteiger partial charge on any atom is 0.408 e. The molecule has 0 bridgehead atoms. The highest BCUT2D eigenvalue weighted by atomic mass is 16.5. The first-order valence-corrected chi connectivity index (χ1v) is 15.4. The van der Waals surface area contributed by atoms with Crippen molar-refractivity contribution in [2.45, 2.75) is 89.8 Å². The number of pyridine rings is 1. The van der Waals surface area contributed by atoms with Gasteiger partial charge < -0.3 is 20.4 Å². The lowest BCUT2D eigenvalue weighted by Crippen LogP contribution is -2.59. The maximum atomic E-state index is 14.3. The van der Waals surface area contributed by atoms with E-state index in [9.17, 15) is 9.59 Å². The zero-order valence-corrected chi connectivity index (χ0v) is 25.8. The maximum absolute atomic E-state index is 14.3. The van der Waals surface area contributed by atoms with Crippen molar-refractivity contribution in [2.75, 3.05) is 0 Å². The predicted octanol–water partition coefficient (Wildman–Crippen LogP) is 7.53. The van der Waals surface area contributed by atoms with Crippen molar-refractivity contribution in [3.05, 3.63) is 102 Å². The minimum atomic E-state index is -1.28. The normalized spacial score (nSPS) is 16.3. The number of ether oxygens (including phenoxy) is 1. The van der Waals surface area contributed by atoms with E-state index in [1.54, 1.807) is 13.1 Å². The molecule has 0 saturated heterocycles. The second-order valence-corrected chi connectivity index (χ2v) is 13.1. The van der Waals surface area contributed by atoms with Crippen molar-refractivity contribution < 1.29 is 14.3 Å². The summed E-state index contributed by atoms with van der Waals surface area (Å²) < 4.78 is 5.66. The molecule has 1 aliphatic rings. The highest BCUT2D eigenvalue weighted by molar-refractivity contribution is 5.91. The second-order valence-electron chi connectivity index (χ2n) is 13.1. The van der Waals surface area contributed by atoms with E-state index < -0.39 is 11.6 Å². The Balaban J connectivity index is 1.37. The van der Waals surface area contributed by atoms with Crippen LogP contribution in [0.25, 0.3) is 10.9 Å². The van der Waals surface area contributed by atoms with Gasteiger partial charge in [-0.3, -0.25) is 9.78 Å². The van der Waals surface area contributed by atoms with Crippen LogP contribution in [-0.4, -0.2) is 27.5 Å². The van der Waals surface area contributed by atoms with Crippen LogP contribution < -0.4 is 10.6 Å². The van der Waals surface area contributed by atoms with Crippen LogP contribution in [0.2, 0.25) is 0 Å². The lowest BCUT2D eigenvalue weighted by Gasteiger charge is -2.35. The summed E-state index contributed by atoms with van der Waals surface area (Å²) in [6.07, 6.45) is 8.89. The smallest absolute Gasteiger partial charge is 0.408 e. The third-order valence-electron chi connectivity index (χ3n) is 8.70. The van der Waals surface area contributed by atoms with Gasteiger partial charge in [-0.1, -0.05) is 88.6 Å². The number of hydrogen-bond donors (Lipinski definition) is 3. The molecule has 1 unspecified atom stereocenters. The van der Waals surface area contributed by atoms with Crippen LogP contribution in [-0.2, 0) is 28.0 Å². The minimum Gasteiger partial charge on any atom is -0.445 e. The second kappa shape index (κ2) is 13.0. The Morgan fingerprint density at radius 1 is 0.953 bits per heavy atom. The van der Waals surface area contributed by atoms with E-state index in [1.165, 1.54) is 12.0 Å². The van der Waals surface area contributed by atoms with Gasteiger partial charge in [0.25, 0.3) is 0 Å². The molecule has 7 nitrogen and oxygen atoms in total. The van der Waals surface area contributed by atoms with Gasteiger partial charge in [0.15, 0.2) is 0 Å². The molecule has 2 aromatic carbocycles. The van der Waals surface area contributed by atoms with Crippen LogP contribution in [0.1, 0.15) is 88.2 Å². The Hall–Kier alpha value is -4.13. The van der Waals surface area contributed by atoms with Crippen molar-refractivity contribution in [2.24, 2.45) is 5.92 Å². The van der Waals surface area contributed by atoms with E-state index in [4.69, 9.17) is 4.74 Å². The van der Waals surface area contributed by atoms with Gasteiger partial charge in [0.1, 0.15) is 12.1 Å². The van der Waals surface area contributed by atoms with Gasteiger partial charge in [-0.05, 0) is 66.0 Å². The summed E-state index contributed by atoms with van der Waals surface area (Å²) in [5.41, 5.74) is 3.63. The van der Waals surface area contributed by atoms with Crippen molar-refractivity contribution >= 4 is 22.9 Å². The Bertz CT molecular complexity index is 1520. The lowest BCUT2D eigenvalue weighted by atomic mass is 9.81. The molecule has 5 rings (SSSR count). The number of rotatable bonds is 9. The van der Waals surface area contributed by atoms with Gasteiger partial charge in [-0.15, -0.1) is 0 Å². The number of benzene rings is 2. The van der Waals surface area contributed by atoms with E-state index in [1.807, 2.05) is 60.8 Å². The van der Waals surface area contributed by atoms with Gasteiger partial charge in [0, 0.05) is 29.7 Å². The summed E-state index contributed by atoms with van der Waals surface area (Å²) in [5, 5.41) is 7.29. The summed E-state index contributed by atoms with van der Waals surface area (Å²) in [5.74, 6) is 0.0263. The summed E-state index contributed by atoms with van der Waals surface area (Å²) in [4.78, 5) is 35.5. The van der Waals surface area contributed by atoms with Gasteiger partial charge in [-0.25, -0.2) is 4.79 Å². The van der Waals surface area contributed by atoms with Gasteiger partial charge in [0.05, 0.1) is 11.7 Å². The molecule has 1 saturated carbocycles. The van der Waals surface area contributed by atoms with E-state index in [-0.39, 0.29) is 36.3 Å². The van der Waals surface area contributed by atoms with Crippen LogP contribution in [0, 0.1) is 5.92 Å². The van der Waals surface area contributed by atoms with Crippen LogP contribution in [0.4, 0.5) is 4.79 Å². The van der Waals surface area contributed by atoms with E-state index in [2.05, 4.69) is 53.5 Å². The number of para-hydroxylation sites is 1. The molecule has 0 aliphatic heterocycles. The van der Waals surface area contributed by atoms with Crippen molar-refractivity contribution in [3.63, 3.8) is 0 Å². The Morgan fingerprint density at radius 3 is 2.37 bits per heavy atom. The molecule has 0 spiro atoms. The highest BCUT2D eigenvalue weighted by Gasteiger charge is 2.39. The van der Waals surface area contributed by atoms with Gasteiger partial charge in [-0.2, -0.15) is 0 Å². The number of aromatic amines is 1. The number of amides is 2. The van der Waals surface area contributed by atoms with Crippen molar-refractivity contribution in [3.8, 4) is 0 Å². The zero-order valence-electron chi connectivity index (χ0n) is 25.8. The van der Waals surface area contributed by atoms with E-state index in [0.29, 0.717) is 0 Å². The molecule has 2 amide bonds. The molecule has 2 aromatic heterocycles. The van der Waals surface area contributed by atoms with Crippen LogP contribution >= 0.6 is 0 Å².